The first-order valence-corrected chi connectivity index (χ1v) is 7.09. The molecule has 90 valence electrons. The van der Waals surface area contributed by atoms with Crippen LogP contribution in [-0.2, 0) is 10.0 Å². The molecule has 0 aliphatic heterocycles. The zero-order chi connectivity index (χ0) is 12.5. The van der Waals surface area contributed by atoms with Crippen LogP contribution in [0.3, 0.4) is 0 Å². The summed E-state index contributed by atoms with van der Waals surface area (Å²) in [6.07, 6.45) is 1.16. The number of nitrogens with one attached hydrogen (secondary N) is 1. The summed E-state index contributed by atoms with van der Waals surface area (Å²) in [6, 6.07) is 6.04. The molecule has 5 nitrogen and oxygen atoms in total. The number of rotatable bonds is 3. The molecule has 0 fully saturated rings. The number of sulfonamides is 1. The minimum atomic E-state index is -3.75. The number of para-hydroxylation sites is 2. The van der Waals surface area contributed by atoms with E-state index in [1.54, 1.807) is 12.1 Å². The van der Waals surface area contributed by atoms with Crippen molar-refractivity contribution in [1.29, 1.82) is 0 Å². The number of thiazole rings is 1. The molecule has 0 amide bonds. The number of phenols is 1. The SMILES string of the molecule is O=S(=O)(Nc1ccccc1O)c1cnc(Cl)s1. The molecular weight excluding hydrogens is 284 g/mol. The van der Waals surface area contributed by atoms with Crippen LogP contribution in [0.5, 0.6) is 5.75 Å². The van der Waals surface area contributed by atoms with Gasteiger partial charge < -0.3 is 5.11 Å². The summed E-state index contributed by atoms with van der Waals surface area (Å²) >= 11 is 6.41. The van der Waals surface area contributed by atoms with Crippen molar-refractivity contribution in [2.24, 2.45) is 0 Å². The molecule has 2 N–H and O–H groups in total. The Bertz CT molecular complexity index is 639. The van der Waals surface area contributed by atoms with E-state index in [1.165, 1.54) is 12.1 Å². The molecule has 0 saturated carbocycles. The standard InChI is InChI=1S/C9H7ClN2O3S2/c10-9-11-5-8(16-9)17(14,15)12-6-3-1-2-4-7(6)13/h1-5,12-13H. The third-order valence-corrected chi connectivity index (χ3v) is 4.81. The Labute approximate surface area is 107 Å². The largest absolute Gasteiger partial charge is 0.506 e. The van der Waals surface area contributed by atoms with E-state index in [0.29, 0.717) is 0 Å². The van der Waals surface area contributed by atoms with Crippen molar-refractivity contribution >= 4 is 38.6 Å². The number of aromatic hydroxyl groups is 1. The van der Waals surface area contributed by atoms with Crippen molar-refractivity contribution in [3.63, 3.8) is 0 Å². The lowest BCUT2D eigenvalue weighted by Gasteiger charge is -2.06. The predicted octanol–water partition coefficient (Wildman–Crippen LogP) is 2.30. The number of aromatic nitrogens is 1. The minimum Gasteiger partial charge on any atom is -0.506 e. The first kappa shape index (κ1) is 12.2. The lowest BCUT2D eigenvalue weighted by atomic mass is 10.3. The van der Waals surface area contributed by atoms with Gasteiger partial charge in [-0.3, -0.25) is 4.72 Å². The smallest absolute Gasteiger partial charge is 0.273 e. The van der Waals surface area contributed by atoms with Crippen molar-refractivity contribution in [1.82, 2.24) is 4.98 Å². The van der Waals surface area contributed by atoms with Gasteiger partial charge in [-0.05, 0) is 12.1 Å². The highest BCUT2D eigenvalue weighted by Crippen LogP contribution is 2.28. The quantitative estimate of drug-likeness (QED) is 0.850. The summed E-state index contributed by atoms with van der Waals surface area (Å²) in [5.41, 5.74) is 0.108. The topological polar surface area (TPSA) is 79.3 Å². The molecule has 0 aliphatic rings. The molecule has 0 unspecified atom stereocenters. The Balaban J connectivity index is 2.33. The van der Waals surface area contributed by atoms with E-state index in [-0.39, 0.29) is 20.1 Å². The van der Waals surface area contributed by atoms with Gasteiger partial charge in [-0.25, -0.2) is 13.4 Å². The number of hydrogen-bond acceptors (Lipinski definition) is 5. The Morgan fingerprint density at radius 3 is 2.65 bits per heavy atom. The molecule has 1 aromatic heterocycles. The number of benzene rings is 1. The van der Waals surface area contributed by atoms with E-state index in [9.17, 15) is 13.5 Å². The maximum atomic E-state index is 11.9. The van der Waals surface area contributed by atoms with Crippen LogP contribution in [0.2, 0.25) is 4.47 Å². The average Bonchev–Trinajstić information content (AvgIpc) is 2.69. The second kappa shape index (κ2) is 4.52. The number of anilines is 1. The summed E-state index contributed by atoms with van der Waals surface area (Å²) in [5.74, 6) is -0.147. The molecule has 0 atom stereocenters. The van der Waals surface area contributed by atoms with Gasteiger partial charge in [0.15, 0.2) is 8.68 Å². The van der Waals surface area contributed by atoms with Gasteiger partial charge in [-0.15, -0.1) is 0 Å². The van der Waals surface area contributed by atoms with Gasteiger partial charge in [0, 0.05) is 0 Å². The fourth-order valence-corrected chi connectivity index (χ4v) is 3.49. The highest BCUT2D eigenvalue weighted by atomic mass is 35.5. The zero-order valence-corrected chi connectivity index (χ0v) is 10.7. The fourth-order valence-electron chi connectivity index (χ4n) is 1.12. The molecule has 2 aromatic rings. The number of phenolic OH excluding ortho intramolecular Hbond substituents is 1. The predicted molar refractivity (Wildman–Crippen MR) is 66.0 cm³/mol. The van der Waals surface area contributed by atoms with E-state index in [2.05, 4.69) is 9.71 Å². The average molecular weight is 291 g/mol. The summed E-state index contributed by atoms with van der Waals surface area (Å²) in [7, 11) is -3.75. The monoisotopic (exact) mass is 290 g/mol. The Kier molecular flexibility index (Phi) is 3.23. The molecule has 8 heteroatoms. The molecule has 0 bridgehead atoms. The molecule has 0 saturated heterocycles. The molecule has 1 heterocycles. The summed E-state index contributed by atoms with van der Waals surface area (Å²) in [6.45, 7) is 0. The Morgan fingerprint density at radius 2 is 2.06 bits per heavy atom. The van der Waals surface area contributed by atoms with Gasteiger partial charge in [0.05, 0.1) is 11.9 Å². The molecule has 0 radical (unpaired) electrons. The van der Waals surface area contributed by atoms with E-state index < -0.39 is 10.0 Å². The van der Waals surface area contributed by atoms with E-state index in [4.69, 9.17) is 11.6 Å². The van der Waals surface area contributed by atoms with Gasteiger partial charge in [-0.2, -0.15) is 0 Å². The molecule has 17 heavy (non-hydrogen) atoms. The normalized spacial score (nSPS) is 11.4. The molecule has 1 aromatic carbocycles. The van der Waals surface area contributed by atoms with Crippen LogP contribution < -0.4 is 4.72 Å². The molecule has 0 aliphatic carbocycles. The van der Waals surface area contributed by atoms with Crippen LogP contribution in [0.1, 0.15) is 0 Å². The van der Waals surface area contributed by atoms with Crippen LogP contribution in [-0.4, -0.2) is 18.5 Å². The van der Waals surface area contributed by atoms with Crippen molar-refractivity contribution in [2.75, 3.05) is 4.72 Å². The van der Waals surface area contributed by atoms with Crippen LogP contribution in [0.15, 0.2) is 34.7 Å². The summed E-state index contributed by atoms with van der Waals surface area (Å²) < 4.78 is 26.1. The van der Waals surface area contributed by atoms with Gasteiger partial charge in [-0.1, -0.05) is 35.1 Å². The number of hydrogen-bond donors (Lipinski definition) is 2. The van der Waals surface area contributed by atoms with E-state index in [0.717, 1.165) is 17.5 Å². The maximum Gasteiger partial charge on any atom is 0.273 e. The summed E-state index contributed by atoms with van der Waals surface area (Å²) in [4.78, 5) is 3.65. The van der Waals surface area contributed by atoms with Gasteiger partial charge in [0.2, 0.25) is 0 Å². The zero-order valence-electron chi connectivity index (χ0n) is 8.29. The van der Waals surface area contributed by atoms with Crippen molar-refractivity contribution < 1.29 is 13.5 Å². The fraction of sp³-hybridized carbons (Fsp3) is 0. The second-order valence-corrected chi connectivity index (χ2v) is 6.58. The Hall–Kier alpha value is -1.31. The van der Waals surface area contributed by atoms with Crippen molar-refractivity contribution in [2.45, 2.75) is 4.21 Å². The lowest BCUT2D eigenvalue weighted by Crippen LogP contribution is -2.11. The van der Waals surface area contributed by atoms with Gasteiger partial charge >= 0.3 is 0 Å². The summed E-state index contributed by atoms with van der Waals surface area (Å²) in [5, 5.41) is 9.46. The van der Waals surface area contributed by atoms with Crippen LogP contribution in [0.25, 0.3) is 0 Å². The first-order chi connectivity index (χ1) is 7.99. The number of halogens is 1. The highest BCUT2D eigenvalue weighted by molar-refractivity contribution is 7.94. The maximum absolute atomic E-state index is 11.9. The van der Waals surface area contributed by atoms with Crippen LogP contribution >= 0.6 is 22.9 Å². The van der Waals surface area contributed by atoms with Gasteiger partial charge in [0.25, 0.3) is 10.0 Å². The Morgan fingerprint density at radius 1 is 1.35 bits per heavy atom. The van der Waals surface area contributed by atoms with Crippen LogP contribution in [0, 0.1) is 0 Å². The minimum absolute atomic E-state index is 0.00856. The molecule has 2 rings (SSSR count). The van der Waals surface area contributed by atoms with Crippen molar-refractivity contribution in [3.8, 4) is 5.75 Å². The first-order valence-electron chi connectivity index (χ1n) is 4.41. The van der Waals surface area contributed by atoms with Crippen molar-refractivity contribution in [3.05, 3.63) is 34.9 Å². The molecule has 0 spiro atoms. The number of nitrogens with zero attached hydrogens (tertiary/aromatic N) is 1. The highest BCUT2D eigenvalue weighted by Gasteiger charge is 2.18. The molecular formula is C9H7ClN2O3S2. The third-order valence-electron chi connectivity index (χ3n) is 1.87. The van der Waals surface area contributed by atoms with E-state index in [1.807, 2.05) is 0 Å². The van der Waals surface area contributed by atoms with Gasteiger partial charge in [0.1, 0.15) is 5.75 Å². The van der Waals surface area contributed by atoms with E-state index >= 15 is 0 Å². The van der Waals surface area contributed by atoms with Crippen LogP contribution in [0.4, 0.5) is 5.69 Å². The third kappa shape index (κ3) is 2.68. The lowest BCUT2D eigenvalue weighted by molar-refractivity contribution is 0.477. The second-order valence-electron chi connectivity index (χ2n) is 3.05.